The molecule has 0 amide bonds. The van der Waals surface area contributed by atoms with Crippen LogP contribution in [0.4, 0.5) is 13.2 Å². The summed E-state index contributed by atoms with van der Waals surface area (Å²) >= 11 is 2.22. The van der Waals surface area contributed by atoms with Crippen molar-refractivity contribution in [3.05, 3.63) is 110 Å². The molecule has 3 atom stereocenters. The van der Waals surface area contributed by atoms with Crippen LogP contribution in [0.1, 0.15) is 28.8 Å². The van der Waals surface area contributed by atoms with Gasteiger partial charge >= 0.3 is 6.18 Å². The van der Waals surface area contributed by atoms with Crippen molar-refractivity contribution in [2.24, 2.45) is 0 Å². The van der Waals surface area contributed by atoms with Crippen molar-refractivity contribution >= 4 is 44.7 Å². The van der Waals surface area contributed by atoms with Crippen LogP contribution in [0, 0.1) is 3.57 Å². The van der Waals surface area contributed by atoms with Gasteiger partial charge in [0.2, 0.25) is 0 Å². The van der Waals surface area contributed by atoms with E-state index >= 15 is 0 Å². The summed E-state index contributed by atoms with van der Waals surface area (Å²) in [6.07, 6.45) is -3.00. The molecule has 0 spiro atoms. The van der Waals surface area contributed by atoms with Gasteiger partial charge in [0, 0.05) is 26.8 Å². The highest BCUT2D eigenvalue weighted by Crippen LogP contribution is 2.63. The SMILES string of the molecule is O=c1[nH]c2nccc(Oc3ccc4c(c3)[C@H]3[C@@H](O4)[C@@H]3c3nc4ccc(C(F)(F)F)cc4[nH]3)c2cc1-c1ccc(I)cc1. The van der Waals surface area contributed by atoms with Gasteiger partial charge in [-0.15, -0.1) is 0 Å². The van der Waals surface area contributed by atoms with Gasteiger partial charge in [-0.05, 0) is 88.8 Å². The standard InChI is InChI=1S/C31H18F3IN4O3/c32-31(33,34)15-3-7-21-22(11-15)38-29(37-21)26-25-19-12-17(6-8-23(19)42-27(25)26)41-24-9-10-36-28-20(24)13-18(30(40)39-28)14-1-4-16(35)5-2-14/h1-13,25-27H,(H,37,38)(H,36,39,40)/t25-,26-,27-/m1/s1. The Labute approximate surface area is 248 Å². The van der Waals surface area contributed by atoms with E-state index in [-0.39, 0.29) is 23.5 Å². The van der Waals surface area contributed by atoms with E-state index in [9.17, 15) is 18.0 Å². The highest BCUT2D eigenvalue weighted by molar-refractivity contribution is 14.1. The molecule has 2 aliphatic rings. The fraction of sp³-hybridized carbons (Fsp3) is 0.129. The normalized spacial score (nSPS) is 19.0. The van der Waals surface area contributed by atoms with Crippen LogP contribution in [0.5, 0.6) is 17.2 Å². The lowest BCUT2D eigenvalue weighted by atomic mass is 10.1. The van der Waals surface area contributed by atoms with Crippen LogP contribution >= 0.6 is 22.6 Å². The zero-order chi connectivity index (χ0) is 28.7. The van der Waals surface area contributed by atoms with Gasteiger partial charge < -0.3 is 19.4 Å². The van der Waals surface area contributed by atoms with Crippen molar-refractivity contribution < 1.29 is 22.6 Å². The van der Waals surface area contributed by atoms with Gasteiger partial charge in [0.15, 0.2) is 0 Å². The molecule has 4 heterocycles. The number of benzene rings is 3. The molecule has 0 saturated heterocycles. The van der Waals surface area contributed by atoms with Crippen molar-refractivity contribution in [2.45, 2.75) is 24.1 Å². The molecule has 11 heteroatoms. The minimum Gasteiger partial charge on any atom is -0.489 e. The monoisotopic (exact) mass is 678 g/mol. The molecule has 6 aromatic rings. The Morgan fingerprint density at radius 3 is 2.57 bits per heavy atom. The van der Waals surface area contributed by atoms with E-state index in [0.717, 1.165) is 32.6 Å². The molecular weight excluding hydrogens is 660 g/mol. The topological polar surface area (TPSA) is 92.9 Å². The summed E-state index contributed by atoms with van der Waals surface area (Å²) in [4.78, 5) is 27.6. The number of rotatable bonds is 4. The lowest BCUT2D eigenvalue weighted by molar-refractivity contribution is -0.137. The van der Waals surface area contributed by atoms with E-state index < -0.39 is 11.7 Å². The second-order valence-corrected chi connectivity index (χ2v) is 11.6. The summed E-state index contributed by atoms with van der Waals surface area (Å²) in [6, 6.07) is 20.3. The van der Waals surface area contributed by atoms with Crippen molar-refractivity contribution in [1.82, 2.24) is 19.9 Å². The Kier molecular flexibility index (Phi) is 5.46. The number of imidazole rings is 1. The summed E-state index contributed by atoms with van der Waals surface area (Å²) in [6.45, 7) is 0. The predicted octanol–water partition coefficient (Wildman–Crippen LogP) is 7.52. The molecule has 7 nitrogen and oxygen atoms in total. The van der Waals surface area contributed by atoms with Crippen molar-refractivity contribution in [3.8, 4) is 28.4 Å². The third kappa shape index (κ3) is 4.13. The lowest BCUT2D eigenvalue weighted by Crippen LogP contribution is -2.09. The first-order valence-corrected chi connectivity index (χ1v) is 14.1. The van der Waals surface area contributed by atoms with Gasteiger partial charge in [-0.3, -0.25) is 4.79 Å². The molecule has 42 heavy (non-hydrogen) atoms. The van der Waals surface area contributed by atoms with Gasteiger partial charge in [0.1, 0.15) is 34.8 Å². The molecule has 1 aliphatic heterocycles. The third-order valence-electron chi connectivity index (χ3n) is 7.80. The van der Waals surface area contributed by atoms with E-state index in [1.165, 1.54) is 6.07 Å². The van der Waals surface area contributed by atoms with E-state index in [0.29, 0.717) is 45.0 Å². The second-order valence-electron chi connectivity index (χ2n) is 10.4. The number of hydrogen-bond donors (Lipinski definition) is 2. The maximum absolute atomic E-state index is 13.2. The number of nitrogens with one attached hydrogen (secondary N) is 2. The molecule has 1 fully saturated rings. The summed E-state index contributed by atoms with van der Waals surface area (Å²) in [5.74, 6) is 2.36. The Hall–Kier alpha value is -4.39. The number of aromatic amines is 2. The molecule has 3 aromatic heterocycles. The van der Waals surface area contributed by atoms with Gasteiger partial charge in [-0.2, -0.15) is 13.2 Å². The summed E-state index contributed by atoms with van der Waals surface area (Å²) in [5.41, 5.74) is 2.52. The van der Waals surface area contributed by atoms with E-state index in [1.807, 2.05) is 42.5 Å². The Morgan fingerprint density at radius 1 is 0.929 bits per heavy atom. The highest BCUT2D eigenvalue weighted by atomic mass is 127. The number of pyridine rings is 2. The Bertz CT molecular complexity index is 2110. The van der Waals surface area contributed by atoms with Gasteiger partial charge in [-0.1, -0.05) is 12.1 Å². The average Bonchev–Trinajstić information content (AvgIpc) is 3.30. The molecule has 3 aromatic carbocycles. The van der Waals surface area contributed by atoms with Crippen molar-refractivity contribution in [1.29, 1.82) is 0 Å². The minimum atomic E-state index is -4.43. The number of hydrogen-bond acceptors (Lipinski definition) is 5. The van der Waals surface area contributed by atoms with Crippen LogP contribution in [-0.4, -0.2) is 26.0 Å². The number of ether oxygens (including phenoxy) is 2. The number of halogens is 4. The number of alkyl halides is 3. The van der Waals surface area contributed by atoms with E-state index in [4.69, 9.17) is 9.47 Å². The molecule has 0 unspecified atom stereocenters. The quantitative estimate of drug-likeness (QED) is 0.188. The first-order chi connectivity index (χ1) is 20.2. The van der Waals surface area contributed by atoms with Crippen LogP contribution in [0.25, 0.3) is 33.2 Å². The smallest absolute Gasteiger partial charge is 0.416 e. The zero-order valence-corrected chi connectivity index (χ0v) is 23.5. The molecule has 2 N–H and O–H groups in total. The first-order valence-electron chi connectivity index (χ1n) is 13.1. The predicted molar refractivity (Wildman–Crippen MR) is 158 cm³/mol. The number of nitrogens with zero attached hydrogens (tertiary/aromatic N) is 2. The second kappa shape index (κ2) is 9.05. The summed E-state index contributed by atoms with van der Waals surface area (Å²) < 4.78 is 53.0. The maximum Gasteiger partial charge on any atom is 0.416 e. The maximum atomic E-state index is 13.2. The Morgan fingerprint density at radius 2 is 1.76 bits per heavy atom. The Balaban J connectivity index is 1.10. The number of H-pyrrole nitrogens is 2. The third-order valence-corrected chi connectivity index (χ3v) is 8.52. The van der Waals surface area contributed by atoms with Crippen molar-refractivity contribution in [3.63, 3.8) is 0 Å². The minimum absolute atomic E-state index is 0.00390. The fourth-order valence-corrected chi connectivity index (χ4v) is 6.09. The molecule has 1 saturated carbocycles. The van der Waals surface area contributed by atoms with Crippen LogP contribution in [0.15, 0.2) is 83.8 Å². The van der Waals surface area contributed by atoms with Gasteiger partial charge in [0.25, 0.3) is 5.56 Å². The first kappa shape index (κ1) is 25.3. The molecule has 0 bridgehead atoms. The van der Waals surface area contributed by atoms with Crippen LogP contribution in [-0.2, 0) is 6.18 Å². The molecule has 208 valence electrons. The lowest BCUT2D eigenvalue weighted by Gasteiger charge is -2.12. The van der Waals surface area contributed by atoms with Crippen molar-refractivity contribution in [2.75, 3.05) is 0 Å². The summed E-state index contributed by atoms with van der Waals surface area (Å²) in [7, 11) is 0. The highest BCUT2D eigenvalue weighted by Gasteiger charge is 2.61. The molecule has 8 rings (SSSR count). The average molecular weight is 678 g/mol. The molecule has 1 aliphatic carbocycles. The van der Waals surface area contributed by atoms with Crippen LogP contribution in [0.3, 0.4) is 0 Å². The van der Waals surface area contributed by atoms with Crippen LogP contribution in [0.2, 0.25) is 0 Å². The zero-order valence-electron chi connectivity index (χ0n) is 21.4. The van der Waals surface area contributed by atoms with E-state index in [1.54, 1.807) is 18.3 Å². The van der Waals surface area contributed by atoms with E-state index in [2.05, 4.69) is 42.5 Å². The molecule has 0 radical (unpaired) electrons. The van der Waals surface area contributed by atoms with Gasteiger partial charge in [-0.25, -0.2) is 9.97 Å². The number of aromatic nitrogens is 4. The fourth-order valence-electron chi connectivity index (χ4n) is 5.73. The largest absolute Gasteiger partial charge is 0.489 e. The number of fused-ring (bicyclic) bond motifs is 5. The van der Waals surface area contributed by atoms with Crippen LogP contribution < -0.4 is 15.0 Å². The summed E-state index contributed by atoms with van der Waals surface area (Å²) in [5, 5.41) is 0.657. The van der Waals surface area contributed by atoms with Gasteiger partial charge in [0.05, 0.1) is 27.9 Å². The molecular formula is C31H18F3IN4O3.